The minimum atomic E-state index is -0.121. The van der Waals surface area contributed by atoms with E-state index in [-0.39, 0.29) is 12.1 Å². The highest BCUT2D eigenvalue weighted by molar-refractivity contribution is 9.10. The lowest BCUT2D eigenvalue weighted by atomic mass is 9.91. The van der Waals surface area contributed by atoms with E-state index in [1.807, 2.05) is 18.2 Å². The van der Waals surface area contributed by atoms with Crippen LogP contribution in [0.5, 0.6) is 11.5 Å². The van der Waals surface area contributed by atoms with Crippen molar-refractivity contribution in [1.82, 2.24) is 0 Å². The quantitative estimate of drug-likeness (QED) is 0.708. The summed E-state index contributed by atoms with van der Waals surface area (Å²) in [7, 11) is 3.32. The van der Waals surface area contributed by atoms with Gasteiger partial charge in [-0.3, -0.25) is 0 Å². The first-order valence-electron chi connectivity index (χ1n) is 8.06. The van der Waals surface area contributed by atoms with E-state index in [1.165, 1.54) is 5.56 Å². The third kappa shape index (κ3) is 3.31. The van der Waals surface area contributed by atoms with Gasteiger partial charge in [0.1, 0.15) is 6.04 Å². The Morgan fingerprint density at radius 2 is 1.71 bits per heavy atom. The Kier molecular flexibility index (Phi) is 5.19. The molecule has 0 spiro atoms. The molecule has 2 aromatic carbocycles. The zero-order valence-corrected chi connectivity index (χ0v) is 15.7. The predicted octanol–water partition coefficient (Wildman–Crippen LogP) is 5.34. The molecule has 0 amide bonds. The molecule has 126 valence electrons. The van der Waals surface area contributed by atoms with Gasteiger partial charge in [-0.05, 0) is 53.8 Å². The average Bonchev–Trinajstić information content (AvgIpc) is 2.79. The zero-order valence-electron chi connectivity index (χ0n) is 14.1. The van der Waals surface area contributed by atoms with Crippen LogP contribution < -0.4 is 9.47 Å². The highest BCUT2D eigenvalue weighted by Crippen LogP contribution is 2.40. The molecule has 0 N–H and O–H groups in total. The maximum atomic E-state index is 5.49. The number of ether oxygens (including phenoxy) is 2. The van der Waals surface area contributed by atoms with E-state index in [0.717, 1.165) is 39.9 Å². The molecule has 0 saturated carbocycles. The number of azo groups is 1. The van der Waals surface area contributed by atoms with Gasteiger partial charge in [0.25, 0.3) is 0 Å². The normalized spacial score (nSPS) is 19.5. The van der Waals surface area contributed by atoms with Crippen molar-refractivity contribution in [1.29, 1.82) is 0 Å². The van der Waals surface area contributed by atoms with E-state index in [1.54, 1.807) is 14.2 Å². The van der Waals surface area contributed by atoms with Crippen molar-refractivity contribution in [2.75, 3.05) is 14.2 Å². The van der Waals surface area contributed by atoms with Gasteiger partial charge in [0.15, 0.2) is 11.5 Å². The summed E-state index contributed by atoms with van der Waals surface area (Å²) in [5.74, 6) is 1.48. The second kappa shape index (κ2) is 7.34. The molecule has 4 nitrogen and oxygen atoms in total. The van der Waals surface area contributed by atoms with E-state index in [9.17, 15) is 0 Å². The lowest BCUT2D eigenvalue weighted by molar-refractivity contribution is 0.354. The van der Waals surface area contributed by atoms with Gasteiger partial charge in [-0.1, -0.05) is 35.0 Å². The fraction of sp³-hybridized carbons (Fsp3) is 0.368. The van der Waals surface area contributed by atoms with Gasteiger partial charge in [0.05, 0.1) is 20.3 Å². The highest BCUT2D eigenvalue weighted by atomic mass is 79.9. The van der Waals surface area contributed by atoms with Gasteiger partial charge in [0.2, 0.25) is 0 Å². The molecular formula is C19H21BrN2O2. The van der Waals surface area contributed by atoms with E-state index < -0.39 is 0 Å². The van der Waals surface area contributed by atoms with Crippen LogP contribution in [0.4, 0.5) is 0 Å². The number of halogens is 1. The maximum absolute atomic E-state index is 5.49. The lowest BCUT2D eigenvalue weighted by Gasteiger charge is -2.18. The number of hydrogen-bond donors (Lipinski definition) is 0. The summed E-state index contributed by atoms with van der Waals surface area (Å²) < 4.78 is 12.0. The van der Waals surface area contributed by atoms with Crippen molar-refractivity contribution in [2.45, 2.75) is 31.8 Å². The van der Waals surface area contributed by atoms with Crippen molar-refractivity contribution in [3.8, 4) is 11.5 Å². The molecule has 3 rings (SSSR count). The van der Waals surface area contributed by atoms with Crippen LogP contribution in [0, 0.1) is 0 Å². The van der Waals surface area contributed by atoms with Crippen LogP contribution in [0.3, 0.4) is 0 Å². The Bertz CT molecular complexity index is 744. The van der Waals surface area contributed by atoms with Crippen molar-refractivity contribution in [2.24, 2.45) is 10.2 Å². The van der Waals surface area contributed by atoms with Gasteiger partial charge in [-0.15, -0.1) is 0 Å². The molecule has 0 fully saturated rings. The predicted molar refractivity (Wildman–Crippen MR) is 98.2 cm³/mol. The van der Waals surface area contributed by atoms with E-state index in [0.29, 0.717) is 0 Å². The summed E-state index contributed by atoms with van der Waals surface area (Å²) in [4.78, 5) is 0. The van der Waals surface area contributed by atoms with E-state index in [2.05, 4.69) is 51.3 Å². The Hall–Kier alpha value is -1.88. The molecule has 2 unspecified atom stereocenters. The second-order valence-corrected chi connectivity index (χ2v) is 6.77. The second-order valence-electron chi connectivity index (χ2n) is 5.86. The number of fused-ring (bicyclic) bond motifs is 1. The van der Waals surface area contributed by atoms with Crippen LogP contribution in [0.2, 0.25) is 0 Å². The minimum Gasteiger partial charge on any atom is -0.493 e. The summed E-state index contributed by atoms with van der Waals surface area (Å²) in [5.41, 5.74) is 3.47. The molecular weight excluding hydrogens is 368 g/mol. The van der Waals surface area contributed by atoms with Crippen LogP contribution in [0.1, 0.15) is 36.1 Å². The molecule has 0 radical (unpaired) electrons. The van der Waals surface area contributed by atoms with Crippen molar-refractivity contribution in [3.63, 3.8) is 0 Å². The molecule has 1 heterocycles. The Balaban J connectivity index is 2.14. The monoisotopic (exact) mass is 388 g/mol. The van der Waals surface area contributed by atoms with E-state index in [4.69, 9.17) is 9.47 Å². The van der Waals surface area contributed by atoms with Crippen molar-refractivity contribution >= 4 is 15.9 Å². The van der Waals surface area contributed by atoms with Crippen LogP contribution in [0.25, 0.3) is 0 Å². The number of rotatable bonds is 4. The molecule has 24 heavy (non-hydrogen) atoms. The third-order valence-electron chi connectivity index (χ3n) is 4.40. The molecule has 1 aliphatic heterocycles. The molecule has 2 aromatic rings. The Labute approximate surface area is 151 Å². The van der Waals surface area contributed by atoms with Crippen LogP contribution >= 0.6 is 15.9 Å². The molecule has 2 atom stereocenters. The standard InChI is InChI=1S/C19H21BrN2O2/c1-4-15-9-13-10-17(23-2)18(24-3)11-16(13)19(22-21-15)12-5-7-14(20)8-6-12/h5-8,10-11,15,19H,4,9H2,1-3H3. The van der Waals surface area contributed by atoms with Gasteiger partial charge in [-0.2, -0.15) is 10.2 Å². The number of nitrogens with zero attached hydrogens (tertiary/aromatic N) is 2. The topological polar surface area (TPSA) is 43.2 Å². The van der Waals surface area contributed by atoms with E-state index >= 15 is 0 Å². The van der Waals surface area contributed by atoms with Gasteiger partial charge in [0, 0.05) is 4.47 Å². The summed E-state index contributed by atoms with van der Waals surface area (Å²) in [6.07, 6.45) is 1.83. The van der Waals surface area contributed by atoms with Crippen molar-refractivity contribution < 1.29 is 9.47 Å². The Morgan fingerprint density at radius 3 is 2.33 bits per heavy atom. The van der Waals surface area contributed by atoms with Gasteiger partial charge >= 0.3 is 0 Å². The van der Waals surface area contributed by atoms with Crippen LogP contribution in [0.15, 0.2) is 51.1 Å². The molecule has 0 bridgehead atoms. The SMILES string of the molecule is CCC1Cc2cc(OC)c(OC)cc2C(c2ccc(Br)cc2)N=N1. The lowest BCUT2D eigenvalue weighted by Crippen LogP contribution is -2.07. The largest absolute Gasteiger partial charge is 0.493 e. The molecule has 0 saturated heterocycles. The van der Waals surface area contributed by atoms with Crippen LogP contribution in [-0.4, -0.2) is 20.3 Å². The molecule has 0 aliphatic carbocycles. The first kappa shape index (κ1) is 17.0. The first-order valence-corrected chi connectivity index (χ1v) is 8.85. The summed E-state index contributed by atoms with van der Waals surface area (Å²) in [6.45, 7) is 2.14. The third-order valence-corrected chi connectivity index (χ3v) is 4.93. The number of benzene rings is 2. The first-order chi connectivity index (χ1) is 11.7. The Morgan fingerprint density at radius 1 is 1.04 bits per heavy atom. The molecule has 1 aliphatic rings. The summed E-state index contributed by atoms with van der Waals surface area (Å²) in [6, 6.07) is 12.4. The molecule has 5 heteroatoms. The zero-order chi connectivity index (χ0) is 17.1. The fourth-order valence-corrected chi connectivity index (χ4v) is 3.27. The van der Waals surface area contributed by atoms with Crippen molar-refractivity contribution in [3.05, 3.63) is 57.6 Å². The van der Waals surface area contributed by atoms with Crippen LogP contribution in [-0.2, 0) is 6.42 Å². The molecule has 0 aromatic heterocycles. The fourth-order valence-electron chi connectivity index (χ4n) is 3.00. The number of methoxy groups -OCH3 is 2. The average molecular weight is 389 g/mol. The maximum Gasteiger partial charge on any atom is 0.161 e. The summed E-state index contributed by atoms with van der Waals surface area (Å²) >= 11 is 3.49. The summed E-state index contributed by atoms with van der Waals surface area (Å²) in [5, 5.41) is 9.24. The highest BCUT2D eigenvalue weighted by Gasteiger charge is 2.25. The smallest absolute Gasteiger partial charge is 0.161 e. The van der Waals surface area contributed by atoms with Gasteiger partial charge in [-0.25, -0.2) is 0 Å². The minimum absolute atomic E-state index is 0.121. The van der Waals surface area contributed by atoms with Gasteiger partial charge < -0.3 is 9.47 Å². The number of hydrogen-bond acceptors (Lipinski definition) is 4.